The lowest BCUT2D eigenvalue weighted by Gasteiger charge is -2.42. The van der Waals surface area contributed by atoms with Gasteiger partial charge in [0.2, 0.25) is 0 Å². The minimum absolute atomic E-state index is 0.542. The Labute approximate surface area is 87.0 Å². The molecule has 0 saturated heterocycles. The molecule has 2 fully saturated rings. The summed E-state index contributed by atoms with van der Waals surface area (Å²) < 4.78 is 0. The predicted molar refractivity (Wildman–Crippen MR) is 58.0 cm³/mol. The van der Waals surface area contributed by atoms with Gasteiger partial charge in [0.25, 0.3) is 0 Å². The summed E-state index contributed by atoms with van der Waals surface area (Å²) in [7, 11) is 0. The van der Waals surface area contributed by atoms with Gasteiger partial charge in [-0.1, -0.05) is 27.7 Å². The zero-order valence-electron chi connectivity index (χ0n) is 9.23. The van der Waals surface area contributed by atoms with E-state index >= 15 is 0 Å². The molecule has 0 aromatic carbocycles. The number of hydrogen-bond donors (Lipinski definition) is 0. The fourth-order valence-electron chi connectivity index (χ4n) is 3.56. The molecule has 2 saturated carbocycles. The van der Waals surface area contributed by atoms with Gasteiger partial charge in [0.1, 0.15) is 0 Å². The minimum Gasteiger partial charge on any atom is -0.126 e. The predicted octanol–water partition coefficient (Wildman–Crippen LogP) is 3.93. The molecule has 1 unspecified atom stereocenters. The van der Waals surface area contributed by atoms with Gasteiger partial charge in [0, 0.05) is 5.88 Å². The number of halogens is 1. The van der Waals surface area contributed by atoms with E-state index in [1.807, 2.05) is 0 Å². The van der Waals surface area contributed by atoms with E-state index < -0.39 is 0 Å². The summed E-state index contributed by atoms with van der Waals surface area (Å²) in [5.74, 6) is 3.53. The van der Waals surface area contributed by atoms with Crippen LogP contribution in [0.3, 0.4) is 0 Å². The van der Waals surface area contributed by atoms with Crippen LogP contribution in [-0.4, -0.2) is 5.88 Å². The van der Waals surface area contributed by atoms with Gasteiger partial charge in [-0.05, 0) is 41.4 Å². The average Bonchev–Trinajstić information content (AvgIpc) is 2.42. The zero-order chi connectivity index (χ0) is 9.85. The van der Waals surface area contributed by atoms with Crippen molar-refractivity contribution in [3.63, 3.8) is 0 Å². The molecule has 2 aliphatic carbocycles. The van der Waals surface area contributed by atoms with Crippen LogP contribution < -0.4 is 0 Å². The van der Waals surface area contributed by atoms with E-state index in [-0.39, 0.29) is 0 Å². The molecule has 76 valence electrons. The second-order valence-corrected chi connectivity index (χ2v) is 6.31. The monoisotopic (exact) mass is 200 g/mol. The van der Waals surface area contributed by atoms with Crippen molar-refractivity contribution in [2.45, 2.75) is 40.5 Å². The number of alkyl halides is 1. The molecule has 0 heterocycles. The number of hydrogen-bond acceptors (Lipinski definition) is 0. The van der Waals surface area contributed by atoms with Gasteiger partial charge in [-0.15, -0.1) is 11.6 Å². The quantitative estimate of drug-likeness (QED) is 0.593. The van der Waals surface area contributed by atoms with Crippen LogP contribution in [-0.2, 0) is 0 Å². The average molecular weight is 201 g/mol. The van der Waals surface area contributed by atoms with Crippen molar-refractivity contribution in [3.05, 3.63) is 0 Å². The lowest BCUT2D eigenvalue weighted by atomic mass is 9.63. The second kappa shape index (κ2) is 2.66. The summed E-state index contributed by atoms with van der Waals surface area (Å²) in [5.41, 5.74) is 1.20. The fourth-order valence-corrected chi connectivity index (χ4v) is 4.24. The molecule has 1 spiro atoms. The van der Waals surface area contributed by atoms with Crippen molar-refractivity contribution in [1.29, 1.82) is 0 Å². The molecule has 2 rings (SSSR count). The third-order valence-corrected chi connectivity index (χ3v) is 5.40. The Bertz CT molecular complexity index is 211. The molecular formula is C12H21Cl. The summed E-state index contributed by atoms with van der Waals surface area (Å²) in [5, 5.41) is 0. The van der Waals surface area contributed by atoms with Crippen molar-refractivity contribution in [3.8, 4) is 0 Å². The second-order valence-electron chi connectivity index (χ2n) is 6.00. The molecule has 0 aliphatic heterocycles. The Hall–Kier alpha value is 0.290. The van der Waals surface area contributed by atoms with Crippen LogP contribution in [0.25, 0.3) is 0 Å². The fraction of sp³-hybridized carbons (Fsp3) is 1.00. The standard InChI is InChI=1S/C12H21Cl/c1-8(2)9-5-12(6-9)10(7-13)11(12,3)4/h8-10H,5-7H2,1-4H3. The Morgan fingerprint density at radius 2 is 1.85 bits per heavy atom. The summed E-state index contributed by atoms with van der Waals surface area (Å²) in [4.78, 5) is 0. The Balaban J connectivity index is 1.99. The first-order valence-electron chi connectivity index (χ1n) is 5.51. The first-order chi connectivity index (χ1) is 5.95. The van der Waals surface area contributed by atoms with Gasteiger partial charge in [-0.25, -0.2) is 0 Å². The summed E-state index contributed by atoms with van der Waals surface area (Å²) >= 11 is 6.01. The van der Waals surface area contributed by atoms with E-state index in [1.54, 1.807) is 0 Å². The summed E-state index contributed by atoms with van der Waals surface area (Å²) in [6.45, 7) is 9.50. The molecular weight excluding hydrogens is 180 g/mol. The van der Waals surface area contributed by atoms with Crippen LogP contribution in [0.4, 0.5) is 0 Å². The smallest absolute Gasteiger partial charge is 0.0262 e. The van der Waals surface area contributed by atoms with Crippen molar-refractivity contribution >= 4 is 11.6 Å². The molecule has 1 heteroatoms. The van der Waals surface area contributed by atoms with Crippen molar-refractivity contribution < 1.29 is 0 Å². The normalized spacial score (nSPS) is 46.6. The molecule has 2 aliphatic rings. The maximum Gasteiger partial charge on any atom is 0.0262 e. The van der Waals surface area contributed by atoms with Gasteiger partial charge >= 0.3 is 0 Å². The third-order valence-electron chi connectivity index (χ3n) is 5.09. The highest BCUT2D eigenvalue weighted by molar-refractivity contribution is 6.18. The van der Waals surface area contributed by atoms with Crippen LogP contribution in [0, 0.1) is 28.6 Å². The van der Waals surface area contributed by atoms with E-state index in [0.717, 1.165) is 23.6 Å². The highest BCUT2D eigenvalue weighted by Crippen LogP contribution is 2.80. The molecule has 1 atom stereocenters. The topological polar surface area (TPSA) is 0 Å². The van der Waals surface area contributed by atoms with Crippen molar-refractivity contribution in [2.75, 3.05) is 5.88 Å². The Kier molecular flexibility index (Phi) is 2.01. The molecule has 13 heavy (non-hydrogen) atoms. The molecule has 0 amide bonds. The van der Waals surface area contributed by atoms with Crippen LogP contribution in [0.5, 0.6) is 0 Å². The number of rotatable bonds is 2. The molecule has 0 N–H and O–H groups in total. The lowest BCUT2D eigenvalue weighted by Crippen LogP contribution is -2.33. The summed E-state index contributed by atoms with van der Waals surface area (Å²) in [6.07, 6.45) is 2.88. The summed E-state index contributed by atoms with van der Waals surface area (Å²) in [6, 6.07) is 0. The van der Waals surface area contributed by atoms with E-state index in [2.05, 4.69) is 27.7 Å². The van der Waals surface area contributed by atoms with Gasteiger partial charge < -0.3 is 0 Å². The van der Waals surface area contributed by atoms with E-state index in [4.69, 9.17) is 11.6 Å². The van der Waals surface area contributed by atoms with Crippen LogP contribution in [0.2, 0.25) is 0 Å². The zero-order valence-corrected chi connectivity index (χ0v) is 9.99. The maximum atomic E-state index is 6.01. The molecule has 0 nitrogen and oxygen atoms in total. The SMILES string of the molecule is CC(C)C1CC2(C1)C(CCl)C2(C)C. The van der Waals surface area contributed by atoms with Gasteiger partial charge in [-0.3, -0.25) is 0 Å². The highest BCUT2D eigenvalue weighted by atomic mass is 35.5. The molecule has 0 aromatic rings. The Morgan fingerprint density at radius 3 is 2.15 bits per heavy atom. The lowest BCUT2D eigenvalue weighted by molar-refractivity contribution is 0.0815. The van der Waals surface area contributed by atoms with E-state index in [0.29, 0.717) is 10.8 Å². The van der Waals surface area contributed by atoms with E-state index in [1.165, 1.54) is 12.8 Å². The van der Waals surface area contributed by atoms with Crippen LogP contribution in [0.15, 0.2) is 0 Å². The van der Waals surface area contributed by atoms with Crippen LogP contribution in [0.1, 0.15) is 40.5 Å². The third kappa shape index (κ3) is 1.04. The Morgan fingerprint density at radius 1 is 1.31 bits per heavy atom. The first kappa shape index (κ1) is 9.83. The largest absolute Gasteiger partial charge is 0.126 e. The van der Waals surface area contributed by atoms with Crippen LogP contribution >= 0.6 is 11.6 Å². The van der Waals surface area contributed by atoms with Gasteiger partial charge in [0.05, 0.1) is 0 Å². The highest BCUT2D eigenvalue weighted by Gasteiger charge is 2.74. The van der Waals surface area contributed by atoms with Crippen molar-refractivity contribution in [2.24, 2.45) is 28.6 Å². The van der Waals surface area contributed by atoms with Gasteiger partial charge in [-0.2, -0.15) is 0 Å². The van der Waals surface area contributed by atoms with E-state index in [9.17, 15) is 0 Å². The minimum atomic E-state index is 0.542. The maximum absolute atomic E-state index is 6.01. The molecule has 0 aromatic heterocycles. The van der Waals surface area contributed by atoms with Crippen molar-refractivity contribution in [1.82, 2.24) is 0 Å². The molecule has 0 bridgehead atoms. The van der Waals surface area contributed by atoms with Gasteiger partial charge in [0.15, 0.2) is 0 Å². The molecule has 0 radical (unpaired) electrons. The first-order valence-corrected chi connectivity index (χ1v) is 6.05.